The van der Waals surface area contributed by atoms with E-state index < -0.39 is 0 Å². The minimum Gasteiger partial charge on any atom is -0.313 e. The first-order valence-electron chi connectivity index (χ1n) is 7.91. The summed E-state index contributed by atoms with van der Waals surface area (Å²) in [5, 5.41) is 3.62. The predicted octanol–water partition coefficient (Wildman–Crippen LogP) is 3.22. The maximum absolute atomic E-state index is 12.9. The monoisotopic (exact) mass is 278 g/mol. The van der Waals surface area contributed by atoms with Crippen LogP contribution in [0.15, 0.2) is 24.3 Å². The molecule has 1 aromatic rings. The molecule has 2 unspecified atom stereocenters. The summed E-state index contributed by atoms with van der Waals surface area (Å²) in [5.74, 6) is -0.153. The molecule has 2 rings (SSSR count). The number of rotatable bonds is 6. The van der Waals surface area contributed by atoms with Gasteiger partial charge in [0.2, 0.25) is 0 Å². The smallest absolute Gasteiger partial charge is 0.123 e. The fraction of sp³-hybridized carbons (Fsp3) is 0.647. The third-order valence-electron chi connectivity index (χ3n) is 4.34. The van der Waals surface area contributed by atoms with E-state index in [-0.39, 0.29) is 5.82 Å². The molecule has 2 atom stereocenters. The van der Waals surface area contributed by atoms with E-state index in [1.165, 1.54) is 24.8 Å². The molecule has 2 nitrogen and oxygen atoms in total. The third kappa shape index (κ3) is 4.57. The van der Waals surface area contributed by atoms with E-state index in [1.54, 1.807) is 12.1 Å². The van der Waals surface area contributed by atoms with Crippen LogP contribution in [-0.2, 0) is 6.42 Å². The summed E-state index contributed by atoms with van der Waals surface area (Å²) in [7, 11) is 0. The highest BCUT2D eigenvalue weighted by molar-refractivity contribution is 5.17. The summed E-state index contributed by atoms with van der Waals surface area (Å²) in [5.41, 5.74) is 1.22. The number of halogens is 1. The summed E-state index contributed by atoms with van der Waals surface area (Å²) in [6, 6.07) is 8.05. The lowest BCUT2D eigenvalue weighted by atomic mass is 10.0. The molecule has 0 amide bonds. The van der Waals surface area contributed by atoms with Gasteiger partial charge in [-0.1, -0.05) is 25.5 Å². The number of likely N-dealkylation sites (N-methyl/N-ethyl adjacent to an activating group) is 1. The van der Waals surface area contributed by atoms with Gasteiger partial charge in [0.05, 0.1) is 0 Å². The van der Waals surface area contributed by atoms with Gasteiger partial charge in [-0.05, 0) is 57.0 Å². The molecule has 1 aliphatic rings. The van der Waals surface area contributed by atoms with E-state index in [0.29, 0.717) is 12.1 Å². The largest absolute Gasteiger partial charge is 0.313 e. The van der Waals surface area contributed by atoms with Gasteiger partial charge in [0.1, 0.15) is 5.82 Å². The lowest BCUT2D eigenvalue weighted by molar-refractivity contribution is 0.182. The molecule has 1 heterocycles. The molecule has 20 heavy (non-hydrogen) atoms. The minimum atomic E-state index is -0.153. The lowest BCUT2D eigenvalue weighted by Crippen LogP contribution is -2.47. The van der Waals surface area contributed by atoms with Gasteiger partial charge in [-0.2, -0.15) is 0 Å². The molecule has 0 aliphatic carbocycles. The molecule has 0 radical (unpaired) electrons. The number of hydrogen-bond donors (Lipinski definition) is 1. The van der Waals surface area contributed by atoms with Crippen molar-refractivity contribution in [2.45, 2.75) is 51.6 Å². The molecule has 0 bridgehead atoms. The van der Waals surface area contributed by atoms with Crippen LogP contribution in [0.5, 0.6) is 0 Å². The van der Waals surface area contributed by atoms with Crippen LogP contribution in [-0.4, -0.2) is 36.6 Å². The second-order valence-electron chi connectivity index (χ2n) is 5.91. The SMILES string of the molecule is CCN(CC1CCCCN1)C(C)Cc1ccc(F)cc1. The summed E-state index contributed by atoms with van der Waals surface area (Å²) in [6.45, 7) is 7.85. The number of nitrogens with one attached hydrogen (secondary N) is 1. The fourth-order valence-electron chi connectivity index (χ4n) is 3.07. The molecular weight excluding hydrogens is 251 g/mol. The fourth-order valence-corrected chi connectivity index (χ4v) is 3.07. The van der Waals surface area contributed by atoms with Crippen molar-refractivity contribution in [3.05, 3.63) is 35.6 Å². The first-order valence-corrected chi connectivity index (χ1v) is 7.91. The van der Waals surface area contributed by atoms with Crippen LogP contribution in [0.25, 0.3) is 0 Å². The average molecular weight is 278 g/mol. The normalized spacial score (nSPS) is 21.1. The molecule has 1 aliphatic heterocycles. The van der Waals surface area contributed by atoms with Crippen LogP contribution >= 0.6 is 0 Å². The van der Waals surface area contributed by atoms with Crippen molar-refractivity contribution in [2.24, 2.45) is 0 Å². The Labute approximate surface area is 122 Å². The van der Waals surface area contributed by atoms with E-state index in [1.807, 2.05) is 12.1 Å². The van der Waals surface area contributed by atoms with Gasteiger partial charge in [-0.15, -0.1) is 0 Å². The number of hydrogen-bond acceptors (Lipinski definition) is 2. The van der Waals surface area contributed by atoms with Gasteiger partial charge < -0.3 is 5.32 Å². The third-order valence-corrected chi connectivity index (χ3v) is 4.34. The van der Waals surface area contributed by atoms with Crippen LogP contribution < -0.4 is 5.32 Å². The molecule has 0 aromatic heterocycles. The van der Waals surface area contributed by atoms with Crippen molar-refractivity contribution in [3.8, 4) is 0 Å². The molecule has 1 aromatic carbocycles. The molecular formula is C17H27FN2. The van der Waals surface area contributed by atoms with Crippen LogP contribution in [0.4, 0.5) is 4.39 Å². The molecule has 3 heteroatoms. The van der Waals surface area contributed by atoms with Crippen LogP contribution in [0, 0.1) is 5.82 Å². The minimum absolute atomic E-state index is 0.153. The number of benzene rings is 1. The van der Waals surface area contributed by atoms with E-state index in [0.717, 1.165) is 26.1 Å². The standard InChI is InChI=1S/C17H27FN2/c1-3-20(13-17-6-4-5-11-19-17)14(2)12-15-7-9-16(18)10-8-15/h7-10,14,17,19H,3-6,11-13H2,1-2H3. The first kappa shape index (κ1) is 15.5. The molecule has 0 saturated carbocycles. The van der Waals surface area contributed by atoms with E-state index >= 15 is 0 Å². The summed E-state index contributed by atoms with van der Waals surface area (Å²) in [4.78, 5) is 2.53. The highest BCUT2D eigenvalue weighted by Crippen LogP contribution is 2.13. The van der Waals surface area contributed by atoms with Crippen molar-refractivity contribution < 1.29 is 4.39 Å². The Bertz CT molecular complexity index is 384. The van der Waals surface area contributed by atoms with Crippen LogP contribution in [0.3, 0.4) is 0 Å². The van der Waals surface area contributed by atoms with Gasteiger partial charge in [0, 0.05) is 18.6 Å². The predicted molar refractivity (Wildman–Crippen MR) is 82.5 cm³/mol. The van der Waals surface area contributed by atoms with E-state index in [9.17, 15) is 4.39 Å². The first-order chi connectivity index (χ1) is 9.69. The summed E-state index contributed by atoms with van der Waals surface area (Å²) >= 11 is 0. The molecule has 1 saturated heterocycles. The Morgan fingerprint density at radius 1 is 1.30 bits per heavy atom. The van der Waals surface area contributed by atoms with Gasteiger partial charge in [0.25, 0.3) is 0 Å². The van der Waals surface area contributed by atoms with Crippen molar-refractivity contribution in [3.63, 3.8) is 0 Å². The zero-order valence-electron chi connectivity index (χ0n) is 12.7. The molecule has 1 N–H and O–H groups in total. The Morgan fingerprint density at radius 2 is 2.05 bits per heavy atom. The Balaban J connectivity index is 1.87. The maximum atomic E-state index is 12.9. The van der Waals surface area contributed by atoms with Gasteiger partial charge in [0.15, 0.2) is 0 Å². The zero-order chi connectivity index (χ0) is 14.4. The van der Waals surface area contributed by atoms with Crippen molar-refractivity contribution in [1.29, 1.82) is 0 Å². The van der Waals surface area contributed by atoms with Crippen molar-refractivity contribution >= 4 is 0 Å². The second-order valence-corrected chi connectivity index (χ2v) is 5.91. The number of nitrogens with zero attached hydrogens (tertiary/aromatic N) is 1. The van der Waals surface area contributed by atoms with Gasteiger partial charge >= 0.3 is 0 Å². The van der Waals surface area contributed by atoms with E-state index in [4.69, 9.17) is 0 Å². The second kappa shape index (κ2) is 7.75. The Hall–Kier alpha value is -0.930. The van der Waals surface area contributed by atoms with Crippen LogP contribution in [0.1, 0.15) is 38.7 Å². The lowest BCUT2D eigenvalue weighted by Gasteiger charge is -2.34. The zero-order valence-corrected chi connectivity index (χ0v) is 12.7. The quantitative estimate of drug-likeness (QED) is 0.859. The summed E-state index contributed by atoms with van der Waals surface area (Å²) in [6.07, 6.45) is 4.94. The Morgan fingerprint density at radius 3 is 2.65 bits per heavy atom. The average Bonchev–Trinajstić information content (AvgIpc) is 2.48. The van der Waals surface area contributed by atoms with Crippen molar-refractivity contribution in [2.75, 3.05) is 19.6 Å². The van der Waals surface area contributed by atoms with Crippen molar-refractivity contribution in [1.82, 2.24) is 10.2 Å². The van der Waals surface area contributed by atoms with Gasteiger partial charge in [-0.25, -0.2) is 4.39 Å². The van der Waals surface area contributed by atoms with Crippen LogP contribution in [0.2, 0.25) is 0 Å². The Kier molecular flexibility index (Phi) is 5.99. The highest BCUT2D eigenvalue weighted by Gasteiger charge is 2.19. The molecule has 1 fully saturated rings. The highest BCUT2D eigenvalue weighted by atomic mass is 19.1. The number of piperidine rings is 1. The van der Waals surface area contributed by atoms with E-state index in [2.05, 4.69) is 24.1 Å². The molecule has 112 valence electrons. The topological polar surface area (TPSA) is 15.3 Å². The van der Waals surface area contributed by atoms with Gasteiger partial charge in [-0.3, -0.25) is 4.90 Å². The maximum Gasteiger partial charge on any atom is 0.123 e. The summed E-state index contributed by atoms with van der Waals surface area (Å²) < 4.78 is 12.9. The molecule has 0 spiro atoms.